The topological polar surface area (TPSA) is 51.5 Å². The average Bonchev–Trinajstić information content (AvgIpc) is 2.53. The molecule has 0 atom stereocenters. The molecule has 5 heteroatoms. The summed E-state index contributed by atoms with van der Waals surface area (Å²) in [5.41, 5.74) is 0.399. The van der Waals surface area contributed by atoms with Crippen LogP contribution >= 0.6 is 0 Å². The zero-order valence-electron chi connectivity index (χ0n) is 11.5. The van der Waals surface area contributed by atoms with Gasteiger partial charge in [0.2, 0.25) is 0 Å². The molecule has 21 heavy (non-hydrogen) atoms. The van der Waals surface area contributed by atoms with Crippen molar-refractivity contribution in [2.75, 3.05) is 20.3 Å². The Bertz CT molecular complexity index is 635. The minimum Gasteiger partial charge on any atom is -0.493 e. The van der Waals surface area contributed by atoms with Gasteiger partial charge in [0.1, 0.15) is 30.8 Å². The van der Waals surface area contributed by atoms with Gasteiger partial charge >= 0.3 is 0 Å². The first-order chi connectivity index (χ1) is 10.2. The van der Waals surface area contributed by atoms with Crippen molar-refractivity contribution in [3.05, 3.63) is 53.8 Å². The number of hydrogen-bond acceptors (Lipinski definition) is 4. The van der Waals surface area contributed by atoms with Crippen LogP contribution in [-0.2, 0) is 0 Å². The first-order valence-corrected chi connectivity index (χ1v) is 6.33. The smallest absolute Gasteiger partial charge is 0.179 e. The lowest BCUT2D eigenvalue weighted by molar-refractivity contribution is 0.211. The van der Waals surface area contributed by atoms with Crippen LogP contribution in [0.3, 0.4) is 0 Å². The number of rotatable bonds is 6. The molecule has 2 aromatic carbocycles. The van der Waals surface area contributed by atoms with Gasteiger partial charge in [-0.05, 0) is 36.4 Å². The lowest BCUT2D eigenvalue weighted by Crippen LogP contribution is -2.10. The number of nitriles is 1. The summed E-state index contributed by atoms with van der Waals surface area (Å²) in [6.45, 7) is 0.515. The molecule has 0 radical (unpaired) electrons. The number of hydrogen-bond donors (Lipinski definition) is 0. The molecule has 0 bridgehead atoms. The zero-order chi connectivity index (χ0) is 15.1. The predicted molar refractivity (Wildman–Crippen MR) is 75.1 cm³/mol. The molecule has 4 nitrogen and oxygen atoms in total. The molecular weight excluding hydrogens is 273 g/mol. The molecule has 0 spiro atoms. The van der Waals surface area contributed by atoms with Crippen molar-refractivity contribution < 1.29 is 18.6 Å². The minimum atomic E-state index is -0.314. The second-order valence-electron chi connectivity index (χ2n) is 4.10. The average molecular weight is 287 g/mol. The lowest BCUT2D eigenvalue weighted by Gasteiger charge is -2.12. The highest BCUT2D eigenvalue weighted by atomic mass is 19.1. The number of methoxy groups -OCH3 is 1. The van der Waals surface area contributed by atoms with Crippen molar-refractivity contribution in [3.63, 3.8) is 0 Å². The molecule has 0 N–H and O–H groups in total. The van der Waals surface area contributed by atoms with Crippen LogP contribution in [0.1, 0.15) is 5.56 Å². The molecule has 0 aliphatic rings. The second kappa shape index (κ2) is 7.15. The Morgan fingerprint density at radius 2 is 1.76 bits per heavy atom. The van der Waals surface area contributed by atoms with E-state index in [2.05, 4.69) is 0 Å². The van der Waals surface area contributed by atoms with Crippen molar-refractivity contribution in [1.29, 1.82) is 5.26 Å². The lowest BCUT2D eigenvalue weighted by atomic mass is 10.2. The fraction of sp³-hybridized carbons (Fsp3) is 0.188. The van der Waals surface area contributed by atoms with Gasteiger partial charge in [0.15, 0.2) is 11.5 Å². The van der Waals surface area contributed by atoms with Gasteiger partial charge in [-0.3, -0.25) is 0 Å². The van der Waals surface area contributed by atoms with Crippen molar-refractivity contribution in [1.82, 2.24) is 0 Å². The van der Waals surface area contributed by atoms with E-state index in [0.29, 0.717) is 22.8 Å². The van der Waals surface area contributed by atoms with Crippen molar-refractivity contribution >= 4 is 0 Å². The molecule has 2 aromatic rings. The summed E-state index contributed by atoms with van der Waals surface area (Å²) in [6, 6.07) is 12.9. The van der Waals surface area contributed by atoms with E-state index in [1.807, 2.05) is 6.07 Å². The van der Waals surface area contributed by atoms with Crippen LogP contribution < -0.4 is 14.2 Å². The molecule has 0 fully saturated rings. The molecule has 0 amide bonds. The van der Waals surface area contributed by atoms with E-state index < -0.39 is 0 Å². The number of para-hydroxylation sites is 1. The molecule has 0 heterocycles. The van der Waals surface area contributed by atoms with Crippen LogP contribution in [0.15, 0.2) is 42.5 Å². The fourth-order valence-electron chi connectivity index (χ4n) is 1.75. The highest BCUT2D eigenvalue weighted by molar-refractivity contribution is 5.52. The zero-order valence-corrected chi connectivity index (χ0v) is 11.5. The Balaban J connectivity index is 1.92. The largest absolute Gasteiger partial charge is 0.493 e. The third-order valence-corrected chi connectivity index (χ3v) is 2.73. The Morgan fingerprint density at radius 1 is 1.05 bits per heavy atom. The normalized spacial score (nSPS) is 9.76. The Kier molecular flexibility index (Phi) is 4.99. The van der Waals surface area contributed by atoms with E-state index in [1.54, 1.807) is 30.3 Å². The molecule has 2 rings (SSSR count). The van der Waals surface area contributed by atoms with Gasteiger partial charge in [0, 0.05) is 0 Å². The number of halogens is 1. The third-order valence-electron chi connectivity index (χ3n) is 2.73. The minimum absolute atomic E-state index is 0.242. The summed E-state index contributed by atoms with van der Waals surface area (Å²) in [4.78, 5) is 0. The summed E-state index contributed by atoms with van der Waals surface area (Å²) >= 11 is 0. The van der Waals surface area contributed by atoms with E-state index in [-0.39, 0.29) is 19.0 Å². The van der Waals surface area contributed by atoms with Gasteiger partial charge in [-0.15, -0.1) is 0 Å². The predicted octanol–water partition coefficient (Wildman–Crippen LogP) is 3.16. The van der Waals surface area contributed by atoms with Gasteiger partial charge < -0.3 is 14.2 Å². The monoisotopic (exact) mass is 287 g/mol. The van der Waals surface area contributed by atoms with E-state index in [9.17, 15) is 4.39 Å². The summed E-state index contributed by atoms with van der Waals surface area (Å²) in [5.74, 6) is 1.13. The second-order valence-corrected chi connectivity index (χ2v) is 4.10. The van der Waals surface area contributed by atoms with E-state index in [1.165, 1.54) is 19.2 Å². The molecule has 0 saturated heterocycles. The van der Waals surface area contributed by atoms with Gasteiger partial charge in [-0.2, -0.15) is 5.26 Å². The highest BCUT2D eigenvalue weighted by Gasteiger charge is 2.10. The third kappa shape index (κ3) is 3.86. The maximum atomic E-state index is 12.7. The van der Waals surface area contributed by atoms with Crippen LogP contribution in [0.25, 0.3) is 0 Å². The van der Waals surface area contributed by atoms with E-state index in [0.717, 1.165) is 0 Å². The van der Waals surface area contributed by atoms with Crippen molar-refractivity contribution in [3.8, 4) is 23.3 Å². The molecule has 0 saturated carbocycles. The van der Waals surface area contributed by atoms with Crippen molar-refractivity contribution in [2.24, 2.45) is 0 Å². The van der Waals surface area contributed by atoms with Gasteiger partial charge in [-0.1, -0.05) is 6.07 Å². The molecular formula is C16H14FNO3. The maximum Gasteiger partial charge on any atom is 0.179 e. The summed E-state index contributed by atoms with van der Waals surface area (Å²) in [5, 5.41) is 9.05. The van der Waals surface area contributed by atoms with Crippen LogP contribution in [0, 0.1) is 17.1 Å². The fourth-order valence-corrected chi connectivity index (χ4v) is 1.75. The first kappa shape index (κ1) is 14.7. The van der Waals surface area contributed by atoms with Crippen LogP contribution in [0.2, 0.25) is 0 Å². The molecule has 0 aliphatic carbocycles. The van der Waals surface area contributed by atoms with Crippen LogP contribution in [0.5, 0.6) is 17.2 Å². The Hall–Kier alpha value is -2.74. The van der Waals surface area contributed by atoms with Gasteiger partial charge in [0.05, 0.1) is 12.7 Å². The van der Waals surface area contributed by atoms with E-state index in [4.69, 9.17) is 19.5 Å². The standard InChI is InChI=1S/C16H14FNO3/c1-19-15-4-2-3-12(11-18)16(15)21-10-9-20-14-7-5-13(17)6-8-14/h2-8H,9-10H2,1H3. The molecule has 0 aliphatic heterocycles. The number of benzene rings is 2. The highest BCUT2D eigenvalue weighted by Crippen LogP contribution is 2.30. The number of nitrogens with zero attached hydrogens (tertiary/aromatic N) is 1. The Morgan fingerprint density at radius 3 is 2.43 bits per heavy atom. The van der Waals surface area contributed by atoms with Gasteiger partial charge in [-0.25, -0.2) is 4.39 Å². The first-order valence-electron chi connectivity index (χ1n) is 6.33. The van der Waals surface area contributed by atoms with Crippen molar-refractivity contribution in [2.45, 2.75) is 0 Å². The Labute approximate surface area is 122 Å². The van der Waals surface area contributed by atoms with E-state index >= 15 is 0 Å². The molecule has 0 aromatic heterocycles. The SMILES string of the molecule is COc1cccc(C#N)c1OCCOc1ccc(F)cc1. The van der Waals surface area contributed by atoms with Crippen LogP contribution in [0.4, 0.5) is 4.39 Å². The van der Waals surface area contributed by atoms with Gasteiger partial charge in [0.25, 0.3) is 0 Å². The summed E-state index contributed by atoms with van der Waals surface area (Å²) < 4.78 is 28.9. The maximum absolute atomic E-state index is 12.7. The summed E-state index contributed by atoms with van der Waals surface area (Å²) in [6.07, 6.45) is 0. The molecule has 108 valence electrons. The number of ether oxygens (including phenoxy) is 3. The quantitative estimate of drug-likeness (QED) is 0.766. The molecule has 0 unspecified atom stereocenters. The van der Waals surface area contributed by atoms with Crippen LogP contribution in [-0.4, -0.2) is 20.3 Å². The summed E-state index contributed by atoms with van der Waals surface area (Å²) in [7, 11) is 1.51.